The minimum absolute atomic E-state index is 0.627. The Morgan fingerprint density at radius 2 is 1.82 bits per heavy atom. The van der Waals surface area contributed by atoms with E-state index in [0.29, 0.717) is 11.8 Å². The van der Waals surface area contributed by atoms with E-state index in [1.54, 1.807) is 7.11 Å². The van der Waals surface area contributed by atoms with Crippen molar-refractivity contribution in [3.05, 3.63) is 47.2 Å². The number of hydrogen-bond donors (Lipinski definition) is 1. The molecule has 0 aliphatic heterocycles. The molecule has 5 rings (SSSR count). The number of rotatable bonds is 3. The lowest BCUT2D eigenvalue weighted by Crippen LogP contribution is -2.24. The van der Waals surface area contributed by atoms with Crippen LogP contribution < -0.4 is 10.1 Å². The minimum atomic E-state index is 0.627. The van der Waals surface area contributed by atoms with E-state index in [4.69, 9.17) is 4.74 Å². The Labute approximate surface area is 131 Å². The fourth-order valence-corrected chi connectivity index (χ4v) is 4.17. The number of hydrogen-bond acceptors (Lipinski definition) is 3. The monoisotopic (exact) mass is 294 g/mol. The zero-order valence-electron chi connectivity index (χ0n) is 13.2. The molecule has 3 aliphatic carbocycles. The van der Waals surface area contributed by atoms with Gasteiger partial charge in [0.15, 0.2) is 0 Å². The van der Waals surface area contributed by atoms with Crippen LogP contribution in [0.5, 0.6) is 5.88 Å². The van der Waals surface area contributed by atoms with Crippen molar-refractivity contribution in [2.75, 3.05) is 12.4 Å². The molecular weight excluding hydrogens is 272 g/mol. The largest absolute Gasteiger partial charge is 0.481 e. The van der Waals surface area contributed by atoms with Crippen LogP contribution in [0.15, 0.2) is 30.5 Å². The second-order valence-electron chi connectivity index (χ2n) is 6.55. The van der Waals surface area contributed by atoms with E-state index in [0.717, 1.165) is 17.3 Å². The lowest BCUT2D eigenvalue weighted by Gasteiger charge is -2.39. The highest BCUT2D eigenvalue weighted by molar-refractivity contribution is 5.68. The van der Waals surface area contributed by atoms with Gasteiger partial charge in [-0.2, -0.15) is 0 Å². The molecule has 3 aliphatic rings. The first-order chi connectivity index (χ1) is 10.8. The fraction of sp³-hybridized carbons (Fsp3) is 0.421. The summed E-state index contributed by atoms with van der Waals surface area (Å²) in [6.45, 7) is 2.12. The summed E-state index contributed by atoms with van der Waals surface area (Å²) in [6, 6.07) is 8.50. The van der Waals surface area contributed by atoms with Gasteiger partial charge >= 0.3 is 0 Å². The molecule has 0 atom stereocenters. The molecule has 3 nitrogen and oxygen atoms in total. The highest BCUT2D eigenvalue weighted by Crippen LogP contribution is 2.54. The molecule has 0 spiro atoms. The van der Waals surface area contributed by atoms with Crippen molar-refractivity contribution >= 4 is 11.4 Å². The van der Waals surface area contributed by atoms with Gasteiger partial charge in [-0.3, -0.25) is 0 Å². The normalized spacial score (nSPS) is 22.3. The molecule has 1 heterocycles. The Balaban J connectivity index is 1.79. The quantitative estimate of drug-likeness (QED) is 0.874. The van der Waals surface area contributed by atoms with E-state index in [1.165, 1.54) is 42.4 Å². The SMILES string of the molecule is COc1ncc(Nc2cccc(C)c2)c2c1C1CCC2CC1. The minimum Gasteiger partial charge on any atom is -0.481 e. The first-order valence-corrected chi connectivity index (χ1v) is 8.16. The predicted molar refractivity (Wildman–Crippen MR) is 89.2 cm³/mol. The Morgan fingerprint density at radius 3 is 2.50 bits per heavy atom. The molecule has 3 heteroatoms. The second kappa shape index (κ2) is 5.31. The molecule has 0 saturated heterocycles. The number of ether oxygens (including phenoxy) is 1. The molecule has 0 unspecified atom stereocenters. The van der Waals surface area contributed by atoms with Crippen LogP contribution in [0.2, 0.25) is 0 Å². The number of nitrogens with one attached hydrogen (secondary N) is 1. The summed E-state index contributed by atoms with van der Waals surface area (Å²) in [4.78, 5) is 4.56. The van der Waals surface area contributed by atoms with Gasteiger partial charge in [-0.1, -0.05) is 12.1 Å². The summed E-state index contributed by atoms with van der Waals surface area (Å²) in [7, 11) is 1.73. The number of pyridine rings is 1. The van der Waals surface area contributed by atoms with Gasteiger partial charge < -0.3 is 10.1 Å². The molecule has 1 fully saturated rings. The van der Waals surface area contributed by atoms with Crippen LogP contribution in [-0.2, 0) is 0 Å². The maximum atomic E-state index is 5.55. The van der Waals surface area contributed by atoms with Gasteiger partial charge in [-0.05, 0) is 67.7 Å². The van der Waals surface area contributed by atoms with Crippen molar-refractivity contribution in [3.8, 4) is 5.88 Å². The summed E-state index contributed by atoms with van der Waals surface area (Å²) < 4.78 is 5.55. The van der Waals surface area contributed by atoms with Crippen LogP contribution in [0.4, 0.5) is 11.4 Å². The van der Waals surface area contributed by atoms with Crippen molar-refractivity contribution < 1.29 is 4.74 Å². The van der Waals surface area contributed by atoms with Crippen LogP contribution in [0.25, 0.3) is 0 Å². The summed E-state index contributed by atoms with van der Waals surface area (Å²) >= 11 is 0. The smallest absolute Gasteiger partial charge is 0.216 e. The number of nitrogens with zero attached hydrogens (tertiary/aromatic N) is 1. The van der Waals surface area contributed by atoms with Gasteiger partial charge in [0.1, 0.15) is 0 Å². The number of anilines is 2. The maximum absolute atomic E-state index is 5.55. The van der Waals surface area contributed by atoms with Crippen molar-refractivity contribution in [2.24, 2.45) is 0 Å². The molecule has 2 aromatic rings. The van der Waals surface area contributed by atoms with E-state index < -0.39 is 0 Å². The first-order valence-electron chi connectivity index (χ1n) is 8.16. The molecular formula is C19H22N2O. The maximum Gasteiger partial charge on any atom is 0.216 e. The van der Waals surface area contributed by atoms with Crippen molar-refractivity contribution in [1.29, 1.82) is 0 Å². The van der Waals surface area contributed by atoms with Crippen molar-refractivity contribution in [2.45, 2.75) is 44.4 Å². The Hall–Kier alpha value is -2.03. The third kappa shape index (κ3) is 2.16. The predicted octanol–water partition coefficient (Wildman–Crippen LogP) is 4.90. The lowest BCUT2D eigenvalue weighted by atomic mass is 9.67. The highest BCUT2D eigenvalue weighted by atomic mass is 16.5. The van der Waals surface area contributed by atoms with Crippen molar-refractivity contribution in [1.82, 2.24) is 4.98 Å². The topological polar surface area (TPSA) is 34.1 Å². The average molecular weight is 294 g/mol. The van der Waals surface area contributed by atoms with Crippen LogP contribution >= 0.6 is 0 Å². The van der Waals surface area contributed by atoms with Crippen LogP contribution in [0.3, 0.4) is 0 Å². The molecule has 114 valence electrons. The third-order valence-electron chi connectivity index (χ3n) is 5.16. The fourth-order valence-electron chi connectivity index (χ4n) is 4.17. The number of benzene rings is 1. The number of fused-ring (bicyclic) bond motifs is 2. The molecule has 2 bridgehead atoms. The second-order valence-corrected chi connectivity index (χ2v) is 6.55. The van der Waals surface area contributed by atoms with E-state index >= 15 is 0 Å². The van der Waals surface area contributed by atoms with Gasteiger partial charge in [-0.15, -0.1) is 0 Å². The van der Waals surface area contributed by atoms with E-state index in [9.17, 15) is 0 Å². The van der Waals surface area contributed by atoms with E-state index in [1.807, 2.05) is 6.20 Å². The number of methoxy groups -OCH3 is 1. The molecule has 1 saturated carbocycles. The Morgan fingerprint density at radius 1 is 1.09 bits per heavy atom. The van der Waals surface area contributed by atoms with Gasteiger partial charge in [0.05, 0.1) is 19.0 Å². The summed E-state index contributed by atoms with van der Waals surface area (Å²) in [6.07, 6.45) is 7.11. The lowest BCUT2D eigenvalue weighted by molar-refractivity contribution is 0.329. The number of aromatic nitrogens is 1. The molecule has 1 aromatic heterocycles. The van der Waals surface area contributed by atoms with Crippen LogP contribution in [-0.4, -0.2) is 12.1 Å². The van der Waals surface area contributed by atoms with Crippen molar-refractivity contribution in [3.63, 3.8) is 0 Å². The van der Waals surface area contributed by atoms with Gasteiger partial charge in [-0.25, -0.2) is 4.98 Å². The summed E-state index contributed by atoms with van der Waals surface area (Å²) in [5, 5.41) is 3.59. The molecule has 0 amide bonds. The molecule has 22 heavy (non-hydrogen) atoms. The number of aryl methyl sites for hydroxylation is 1. The highest BCUT2D eigenvalue weighted by Gasteiger charge is 2.37. The summed E-state index contributed by atoms with van der Waals surface area (Å²) in [5.41, 5.74) is 6.38. The summed E-state index contributed by atoms with van der Waals surface area (Å²) in [5.74, 6) is 2.12. The van der Waals surface area contributed by atoms with E-state index in [2.05, 4.69) is 41.5 Å². The van der Waals surface area contributed by atoms with Gasteiger partial charge in [0.25, 0.3) is 0 Å². The molecule has 0 radical (unpaired) electrons. The van der Waals surface area contributed by atoms with Crippen LogP contribution in [0, 0.1) is 6.92 Å². The zero-order chi connectivity index (χ0) is 15.1. The Kier molecular flexibility index (Phi) is 3.29. The molecule has 1 N–H and O–H groups in total. The average Bonchev–Trinajstić information content (AvgIpc) is 2.56. The first kappa shape index (κ1) is 13.6. The van der Waals surface area contributed by atoms with E-state index in [-0.39, 0.29) is 0 Å². The third-order valence-corrected chi connectivity index (χ3v) is 5.16. The zero-order valence-corrected chi connectivity index (χ0v) is 13.2. The Bertz CT molecular complexity index is 703. The van der Waals surface area contributed by atoms with Crippen LogP contribution in [0.1, 0.15) is 54.2 Å². The standard InChI is InChI=1S/C19H22N2O/c1-12-4-3-5-15(10-12)21-16-11-20-19(22-2)18-14-8-6-13(7-9-14)17(16)18/h3-5,10-11,13-14,21H,6-9H2,1-2H3. The van der Waals surface area contributed by atoms with Gasteiger partial charge in [0.2, 0.25) is 5.88 Å². The molecule has 1 aromatic carbocycles. The van der Waals surface area contributed by atoms with Gasteiger partial charge in [0, 0.05) is 11.3 Å².